The van der Waals surface area contributed by atoms with E-state index in [-0.39, 0.29) is 18.1 Å². The number of sulfonamides is 1. The van der Waals surface area contributed by atoms with Crippen molar-refractivity contribution in [2.45, 2.75) is 46.2 Å². The molecular weight excluding hydrogens is 533 g/mol. The fourth-order valence-corrected chi connectivity index (χ4v) is 5.02. The normalized spacial score (nSPS) is 12.2. The van der Waals surface area contributed by atoms with Gasteiger partial charge < -0.3 is 10.2 Å². The average molecular weight is 563 g/mol. The number of halogens is 3. The number of hydrogen-bond donors (Lipinski definition) is 1. The number of nitrogens with one attached hydrogen (secondary N) is 1. The fourth-order valence-electron chi connectivity index (χ4n) is 3.43. The van der Waals surface area contributed by atoms with E-state index < -0.39 is 28.5 Å². The molecule has 0 saturated carbocycles. The third-order valence-electron chi connectivity index (χ3n) is 5.57. The Labute approximate surface area is 222 Å². The molecule has 0 saturated heterocycles. The van der Waals surface area contributed by atoms with E-state index in [1.54, 1.807) is 50.2 Å². The number of nitrogens with zero attached hydrogens (tertiary/aromatic N) is 2. The van der Waals surface area contributed by atoms with Crippen LogP contribution in [0.2, 0.25) is 15.1 Å². The minimum absolute atomic E-state index is 0.0775. The van der Waals surface area contributed by atoms with E-state index in [9.17, 15) is 18.0 Å². The number of anilines is 1. The zero-order chi connectivity index (χ0) is 26.3. The van der Waals surface area contributed by atoms with Crippen LogP contribution in [0.5, 0.6) is 0 Å². The molecule has 2 rings (SSSR count). The van der Waals surface area contributed by atoms with Crippen molar-refractivity contribution in [1.82, 2.24) is 10.2 Å². The van der Waals surface area contributed by atoms with Crippen molar-refractivity contribution in [3.05, 3.63) is 62.6 Å². The van der Waals surface area contributed by atoms with E-state index in [2.05, 4.69) is 5.32 Å². The number of unbranched alkanes of at least 4 members (excludes halogenated alkanes) is 1. The first-order chi connectivity index (χ1) is 16.4. The minimum Gasteiger partial charge on any atom is -0.354 e. The second-order valence-electron chi connectivity index (χ2n) is 8.20. The predicted octanol–water partition coefficient (Wildman–Crippen LogP) is 5.05. The Bertz CT molecular complexity index is 1150. The highest BCUT2D eigenvalue weighted by molar-refractivity contribution is 7.92. The van der Waals surface area contributed by atoms with Crippen molar-refractivity contribution in [2.24, 2.45) is 0 Å². The maximum absolute atomic E-state index is 13.6. The van der Waals surface area contributed by atoms with Gasteiger partial charge in [0.25, 0.3) is 0 Å². The largest absolute Gasteiger partial charge is 0.354 e. The van der Waals surface area contributed by atoms with Gasteiger partial charge in [0.15, 0.2) is 0 Å². The first-order valence-electron chi connectivity index (χ1n) is 11.1. The molecule has 11 heteroatoms. The van der Waals surface area contributed by atoms with Crippen LogP contribution < -0.4 is 9.62 Å². The molecule has 35 heavy (non-hydrogen) atoms. The lowest BCUT2D eigenvalue weighted by atomic mass is 10.1. The average Bonchev–Trinajstić information content (AvgIpc) is 2.78. The Hall–Kier alpha value is -2.00. The molecule has 0 aliphatic rings. The number of benzene rings is 2. The Morgan fingerprint density at radius 1 is 1.03 bits per heavy atom. The van der Waals surface area contributed by atoms with Gasteiger partial charge in [-0.2, -0.15) is 0 Å². The fraction of sp³-hybridized carbons (Fsp3) is 0.417. The first-order valence-corrected chi connectivity index (χ1v) is 14.1. The van der Waals surface area contributed by atoms with Gasteiger partial charge in [0.1, 0.15) is 12.6 Å². The highest BCUT2D eigenvalue weighted by Gasteiger charge is 2.31. The van der Waals surface area contributed by atoms with Gasteiger partial charge in [-0.3, -0.25) is 13.9 Å². The van der Waals surface area contributed by atoms with Crippen molar-refractivity contribution >= 4 is 62.3 Å². The number of carbonyl (C=O) groups is 2. The Kier molecular flexibility index (Phi) is 10.7. The summed E-state index contributed by atoms with van der Waals surface area (Å²) in [7, 11) is -3.86. The van der Waals surface area contributed by atoms with Gasteiger partial charge in [-0.15, -0.1) is 0 Å². The van der Waals surface area contributed by atoms with Crippen molar-refractivity contribution in [1.29, 1.82) is 0 Å². The van der Waals surface area contributed by atoms with Gasteiger partial charge in [0.2, 0.25) is 21.8 Å². The van der Waals surface area contributed by atoms with Crippen molar-refractivity contribution in [3.63, 3.8) is 0 Å². The molecule has 0 aliphatic heterocycles. The van der Waals surface area contributed by atoms with E-state index in [0.29, 0.717) is 32.7 Å². The van der Waals surface area contributed by atoms with Gasteiger partial charge >= 0.3 is 0 Å². The zero-order valence-electron chi connectivity index (χ0n) is 20.1. The third-order valence-corrected chi connectivity index (χ3v) is 7.82. The minimum atomic E-state index is -3.86. The summed E-state index contributed by atoms with van der Waals surface area (Å²) in [6.07, 6.45) is 2.70. The highest BCUT2D eigenvalue weighted by Crippen LogP contribution is 2.30. The van der Waals surface area contributed by atoms with E-state index in [0.717, 1.165) is 23.4 Å². The molecule has 2 amide bonds. The lowest BCUT2D eigenvalue weighted by Gasteiger charge is -2.32. The van der Waals surface area contributed by atoms with Crippen molar-refractivity contribution < 1.29 is 18.0 Å². The maximum Gasteiger partial charge on any atom is 0.244 e. The summed E-state index contributed by atoms with van der Waals surface area (Å²) in [5.41, 5.74) is 1.25. The summed E-state index contributed by atoms with van der Waals surface area (Å²) >= 11 is 18.9. The summed E-state index contributed by atoms with van der Waals surface area (Å²) < 4.78 is 26.4. The highest BCUT2D eigenvalue weighted by atomic mass is 35.5. The van der Waals surface area contributed by atoms with Crippen LogP contribution in [-0.4, -0.2) is 50.5 Å². The molecule has 0 unspecified atom stereocenters. The van der Waals surface area contributed by atoms with Crippen LogP contribution in [0, 0.1) is 6.92 Å². The Morgan fingerprint density at radius 3 is 2.17 bits per heavy atom. The molecule has 0 aromatic heterocycles. The van der Waals surface area contributed by atoms with Gasteiger partial charge in [0.05, 0.1) is 11.9 Å². The lowest BCUT2D eigenvalue weighted by molar-refractivity contribution is -0.139. The quantitative estimate of drug-likeness (QED) is 0.388. The molecule has 1 atom stereocenters. The van der Waals surface area contributed by atoms with Gasteiger partial charge in [-0.25, -0.2) is 8.42 Å². The molecule has 0 spiro atoms. The third kappa shape index (κ3) is 7.74. The molecule has 0 radical (unpaired) electrons. The molecule has 2 aromatic rings. The van der Waals surface area contributed by atoms with Crippen molar-refractivity contribution in [3.8, 4) is 0 Å². The van der Waals surface area contributed by atoms with Crippen LogP contribution >= 0.6 is 34.8 Å². The second kappa shape index (κ2) is 12.8. The van der Waals surface area contributed by atoms with E-state index in [4.69, 9.17) is 34.8 Å². The van der Waals surface area contributed by atoms with Crippen LogP contribution in [0.3, 0.4) is 0 Å². The lowest BCUT2D eigenvalue weighted by Crippen LogP contribution is -2.51. The Morgan fingerprint density at radius 2 is 1.60 bits per heavy atom. The van der Waals surface area contributed by atoms with Crippen LogP contribution in [0.4, 0.5) is 5.69 Å². The standard InChI is InChI=1S/C24H30Cl3N3O4S/c1-5-6-13-28-24(32)17(3)29(14-18-20(26)10-7-11-21(18)27)23(31)15-30(35(4,33)34)22-12-8-9-19(25)16(22)2/h7-12,17H,5-6,13-15H2,1-4H3,(H,28,32)/t17-/m1/s1. The molecule has 0 bridgehead atoms. The molecular formula is C24H30Cl3N3O4S. The van der Waals surface area contributed by atoms with Crippen LogP contribution in [-0.2, 0) is 26.2 Å². The molecule has 192 valence electrons. The molecule has 0 fully saturated rings. The zero-order valence-corrected chi connectivity index (χ0v) is 23.2. The number of rotatable bonds is 11. The number of amides is 2. The van der Waals surface area contributed by atoms with Crippen molar-refractivity contribution in [2.75, 3.05) is 23.7 Å². The van der Waals surface area contributed by atoms with Gasteiger partial charge in [0, 0.05) is 33.7 Å². The van der Waals surface area contributed by atoms with E-state index in [1.807, 2.05) is 6.92 Å². The number of hydrogen-bond acceptors (Lipinski definition) is 4. The monoisotopic (exact) mass is 561 g/mol. The first kappa shape index (κ1) is 29.2. The molecule has 0 aliphatic carbocycles. The van der Waals surface area contributed by atoms with E-state index in [1.165, 1.54) is 4.90 Å². The number of carbonyl (C=O) groups excluding carboxylic acids is 2. The van der Waals surface area contributed by atoms with Gasteiger partial charge in [-0.05, 0) is 50.1 Å². The second-order valence-corrected chi connectivity index (χ2v) is 11.3. The summed E-state index contributed by atoms with van der Waals surface area (Å²) in [4.78, 5) is 27.7. The summed E-state index contributed by atoms with van der Waals surface area (Å²) in [6.45, 7) is 5.11. The van der Waals surface area contributed by atoms with Crippen LogP contribution in [0.25, 0.3) is 0 Å². The maximum atomic E-state index is 13.6. The predicted molar refractivity (Wildman–Crippen MR) is 143 cm³/mol. The van der Waals surface area contributed by atoms with E-state index >= 15 is 0 Å². The van der Waals surface area contributed by atoms with Crippen LogP contribution in [0.15, 0.2) is 36.4 Å². The van der Waals surface area contributed by atoms with Gasteiger partial charge in [-0.1, -0.05) is 60.3 Å². The topological polar surface area (TPSA) is 86.8 Å². The smallest absolute Gasteiger partial charge is 0.244 e. The molecule has 2 aromatic carbocycles. The molecule has 1 N–H and O–H groups in total. The molecule has 0 heterocycles. The summed E-state index contributed by atoms with van der Waals surface area (Å²) in [5.74, 6) is -0.955. The summed E-state index contributed by atoms with van der Waals surface area (Å²) in [5, 5.41) is 3.85. The molecule has 7 nitrogen and oxygen atoms in total. The SMILES string of the molecule is CCCCNC(=O)[C@@H](C)N(Cc1c(Cl)cccc1Cl)C(=O)CN(c1cccc(Cl)c1C)S(C)(=O)=O. The van der Waals surface area contributed by atoms with Crippen LogP contribution in [0.1, 0.15) is 37.8 Å². The Balaban J connectivity index is 2.45. The summed E-state index contributed by atoms with van der Waals surface area (Å²) in [6, 6.07) is 8.86.